The highest BCUT2D eigenvalue weighted by molar-refractivity contribution is 5.78. The van der Waals surface area contributed by atoms with Gasteiger partial charge in [-0.15, -0.1) is 0 Å². The number of aryl methyl sites for hydroxylation is 1. The molecule has 0 aliphatic rings. The summed E-state index contributed by atoms with van der Waals surface area (Å²) in [6, 6.07) is 1.98. The van der Waals surface area contributed by atoms with Crippen LogP contribution in [0.25, 0.3) is 0 Å². The van der Waals surface area contributed by atoms with E-state index in [-0.39, 0.29) is 11.4 Å². The van der Waals surface area contributed by atoms with Gasteiger partial charge in [0.05, 0.1) is 12.2 Å². The first-order valence-corrected chi connectivity index (χ1v) is 6.45. The average molecular weight is 252 g/mol. The van der Waals surface area contributed by atoms with E-state index >= 15 is 0 Å². The second-order valence-corrected chi connectivity index (χ2v) is 5.45. The highest BCUT2D eigenvalue weighted by Gasteiger charge is 2.13. The molecular formula is C13H24N4O. The average Bonchev–Trinajstić information content (AvgIpc) is 2.64. The third-order valence-corrected chi connectivity index (χ3v) is 2.35. The van der Waals surface area contributed by atoms with Crippen LogP contribution in [0.4, 0.5) is 0 Å². The van der Waals surface area contributed by atoms with Crippen LogP contribution in [-0.4, -0.2) is 27.8 Å². The van der Waals surface area contributed by atoms with Crippen molar-refractivity contribution in [2.45, 2.75) is 52.7 Å². The highest BCUT2D eigenvalue weighted by atomic mass is 16.2. The van der Waals surface area contributed by atoms with Gasteiger partial charge in [0.25, 0.3) is 0 Å². The Kier molecular flexibility index (Phi) is 5.34. The Morgan fingerprint density at radius 2 is 2.17 bits per heavy atom. The smallest absolute Gasteiger partial charge is 0.234 e. The Bertz CT molecular complexity index is 379. The number of hydrogen-bond acceptors (Lipinski definition) is 3. The number of hydrogen-bond donors (Lipinski definition) is 2. The normalized spacial score (nSPS) is 11.6. The molecule has 1 aromatic rings. The first kappa shape index (κ1) is 14.7. The summed E-state index contributed by atoms with van der Waals surface area (Å²) in [5, 5.41) is 10.3. The van der Waals surface area contributed by atoms with Gasteiger partial charge in [-0.1, -0.05) is 6.92 Å². The summed E-state index contributed by atoms with van der Waals surface area (Å²) < 4.78 is 1.97. The first-order valence-electron chi connectivity index (χ1n) is 6.45. The Morgan fingerprint density at radius 1 is 1.44 bits per heavy atom. The van der Waals surface area contributed by atoms with Gasteiger partial charge in [0.2, 0.25) is 5.91 Å². The number of aromatic nitrogens is 2. The van der Waals surface area contributed by atoms with Crippen LogP contribution in [0.15, 0.2) is 12.3 Å². The van der Waals surface area contributed by atoms with E-state index in [4.69, 9.17) is 0 Å². The van der Waals surface area contributed by atoms with Gasteiger partial charge in [0, 0.05) is 24.8 Å². The molecule has 5 heteroatoms. The van der Waals surface area contributed by atoms with E-state index < -0.39 is 0 Å². The molecule has 0 radical (unpaired) electrons. The molecular weight excluding hydrogens is 228 g/mol. The van der Waals surface area contributed by atoms with E-state index in [1.165, 1.54) is 0 Å². The Morgan fingerprint density at radius 3 is 2.78 bits per heavy atom. The quantitative estimate of drug-likeness (QED) is 0.802. The van der Waals surface area contributed by atoms with Gasteiger partial charge >= 0.3 is 0 Å². The minimum atomic E-state index is -0.178. The molecule has 0 saturated carbocycles. The largest absolute Gasteiger partial charge is 0.350 e. The lowest BCUT2D eigenvalue weighted by atomic mass is 10.1. The van der Waals surface area contributed by atoms with Crippen LogP contribution in [0.1, 0.15) is 39.8 Å². The van der Waals surface area contributed by atoms with Crippen molar-refractivity contribution < 1.29 is 4.79 Å². The topological polar surface area (TPSA) is 59.0 Å². The van der Waals surface area contributed by atoms with E-state index in [0.717, 1.165) is 18.7 Å². The number of carbonyl (C=O) groups excluding carboxylic acids is 1. The van der Waals surface area contributed by atoms with Gasteiger partial charge in [-0.05, 0) is 33.3 Å². The zero-order valence-electron chi connectivity index (χ0n) is 11.8. The van der Waals surface area contributed by atoms with E-state index in [9.17, 15) is 4.79 Å². The van der Waals surface area contributed by atoms with Gasteiger partial charge in [-0.2, -0.15) is 5.10 Å². The van der Waals surface area contributed by atoms with Crippen LogP contribution in [0.5, 0.6) is 0 Å². The maximum atomic E-state index is 11.6. The maximum absolute atomic E-state index is 11.6. The fraction of sp³-hybridized carbons (Fsp3) is 0.692. The summed E-state index contributed by atoms with van der Waals surface area (Å²) in [7, 11) is 0. The lowest BCUT2D eigenvalue weighted by Gasteiger charge is -2.20. The van der Waals surface area contributed by atoms with Gasteiger partial charge < -0.3 is 10.6 Å². The third-order valence-electron chi connectivity index (χ3n) is 2.35. The van der Waals surface area contributed by atoms with Crippen molar-refractivity contribution in [3.05, 3.63) is 18.0 Å². The summed E-state index contributed by atoms with van der Waals surface area (Å²) in [5.74, 6) is 0.0176. The predicted molar refractivity (Wildman–Crippen MR) is 72.1 cm³/mol. The molecule has 0 spiro atoms. The summed E-state index contributed by atoms with van der Waals surface area (Å²) in [4.78, 5) is 11.6. The Hall–Kier alpha value is -1.36. The lowest BCUT2D eigenvalue weighted by molar-refractivity contribution is -0.121. The van der Waals surface area contributed by atoms with Gasteiger partial charge in [-0.3, -0.25) is 9.48 Å². The third kappa shape index (κ3) is 5.31. The number of rotatable bonds is 6. The predicted octanol–water partition coefficient (Wildman–Crippen LogP) is 1.30. The molecule has 18 heavy (non-hydrogen) atoms. The van der Waals surface area contributed by atoms with Crippen LogP contribution in [0.2, 0.25) is 0 Å². The summed E-state index contributed by atoms with van der Waals surface area (Å²) >= 11 is 0. The Balaban J connectivity index is 2.33. The van der Waals surface area contributed by atoms with Crippen molar-refractivity contribution >= 4 is 5.91 Å². The number of nitrogens with one attached hydrogen (secondary N) is 2. The molecule has 0 atom stereocenters. The van der Waals surface area contributed by atoms with Crippen LogP contribution < -0.4 is 10.6 Å². The maximum Gasteiger partial charge on any atom is 0.234 e. The molecule has 1 amide bonds. The molecule has 0 aliphatic heterocycles. The molecule has 0 saturated heterocycles. The SMILES string of the molecule is CCCn1nccc1CNCC(=O)NC(C)(C)C. The summed E-state index contributed by atoms with van der Waals surface area (Å²) in [6.45, 7) is 9.95. The van der Waals surface area contributed by atoms with Crippen molar-refractivity contribution in [2.24, 2.45) is 0 Å². The molecule has 1 heterocycles. The first-order chi connectivity index (χ1) is 8.42. The Labute approximate surface area is 109 Å². The van der Waals surface area contributed by atoms with Crippen LogP contribution in [-0.2, 0) is 17.9 Å². The fourth-order valence-corrected chi connectivity index (χ4v) is 1.69. The summed E-state index contributed by atoms with van der Waals surface area (Å²) in [5.41, 5.74) is 0.934. The van der Waals surface area contributed by atoms with Crippen LogP contribution in [0.3, 0.4) is 0 Å². The molecule has 2 N–H and O–H groups in total. The van der Waals surface area contributed by atoms with E-state index in [2.05, 4.69) is 22.7 Å². The zero-order valence-corrected chi connectivity index (χ0v) is 11.8. The lowest BCUT2D eigenvalue weighted by Crippen LogP contribution is -2.44. The number of carbonyl (C=O) groups is 1. The molecule has 5 nitrogen and oxygen atoms in total. The molecule has 102 valence electrons. The molecule has 0 bridgehead atoms. The monoisotopic (exact) mass is 252 g/mol. The second-order valence-electron chi connectivity index (χ2n) is 5.45. The van der Waals surface area contributed by atoms with Crippen molar-refractivity contribution in [1.82, 2.24) is 20.4 Å². The molecule has 0 aliphatic carbocycles. The molecule has 1 aromatic heterocycles. The molecule has 0 fully saturated rings. The number of nitrogens with zero attached hydrogens (tertiary/aromatic N) is 2. The van der Waals surface area contributed by atoms with Crippen molar-refractivity contribution in [3.8, 4) is 0 Å². The minimum absolute atomic E-state index is 0.0176. The van der Waals surface area contributed by atoms with Crippen molar-refractivity contribution in [1.29, 1.82) is 0 Å². The van der Waals surface area contributed by atoms with Gasteiger partial charge in [-0.25, -0.2) is 0 Å². The molecule has 0 unspecified atom stereocenters. The van der Waals surface area contributed by atoms with Gasteiger partial charge in [0.15, 0.2) is 0 Å². The standard InChI is InChI=1S/C13H24N4O/c1-5-8-17-11(6-7-15-17)9-14-10-12(18)16-13(2,3)4/h6-7,14H,5,8-10H2,1-4H3,(H,16,18). The number of amides is 1. The summed E-state index contributed by atoms with van der Waals surface area (Å²) in [6.07, 6.45) is 2.85. The fourth-order valence-electron chi connectivity index (χ4n) is 1.69. The van der Waals surface area contributed by atoms with Crippen LogP contribution >= 0.6 is 0 Å². The van der Waals surface area contributed by atoms with Crippen LogP contribution in [0, 0.1) is 0 Å². The van der Waals surface area contributed by atoms with Crippen molar-refractivity contribution in [2.75, 3.05) is 6.54 Å². The van der Waals surface area contributed by atoms with Crippen molar-refractivity contribution in [3.63, 3.8) is 0 Å². The van der Waals surface area contributed by atoms with E-state index in [0.29, 0.717) is 13.1 Å². The van der Waals surface area contributed by atoms with Gasteiger partial charge in [0.1, 0.15) is 0 Å². The molecule has 0 aromatic carbocycles. The van der Waals surface area contributed by atoms with E-state index in [1.54, 1.807) is 6.20 Å². The molecule has 1 rings (SSSR count). The second kappa shape index (κ2) is 6.54. The highest BCUT2D eigenvalue weighted by Crippen LogP contribution is 2.00. The van der Waals surface area contributed by atoms with E-state index in [1.807, 2.05) is 31.5 Å². The minimum Gasteiger partial charge on any atom is -0.350 e. The zero-order chi connectivity index (χ0) is 13.6.